The van der Waals surface area contributed by atoms with Gasteiger partial charge in [0.15, 0.2) is 0 Å². The number of methoxy groups -OCH3 is 1. The first-order chi connectivity index (χ1) is 22.1. The molecule has 2 aliphatic heterocycles. The molecule has 0 N–H and O–H groups in total. The first-order valence-corrected chi connectivity index (χ1v) is 15.2. The van der Waals surface area contributed by atoms with Crippen molar-refractivity contribution in [2.24, 2.45) is 0 Å². The van der Waals surface area contributed by atoms with E-state index in [4.69, 9.17) is 4.74 Å². The number of hydrogen-bond acceptors (Lipinski definition) is 7. The van der Waals surface area contributed by atoms with Crippen LogP contribution in [-0.2, 0) is 12.7 Å². The first kappa shape index (κ1) is 36.9. The highest BCUT2D eigenvalue weighted by Gasteiger charge is 2.43. The van der Waals surface area contributed by atoms with Gasteiger partial charge in [0.05, 0.1) is 12.8 Å². The molecule has 0 bridgehead atoms. The molecule has 10 nitrogen and oxygen atoms in total. The summed E-state index contributed by atoms with van der Waals surface area (Å²) in [5.74, 6) is -0.591. The van der Waals surface area contributed by atoms with Gasteiger partial charge >= 0.3 is 12.2 Å². The predicted octanol–water partition coefficient (Wildman–Crippen LogP) is 5.22. The van der Waals surface area contributed by atoms with Crippen LogP contribution in [-0.4, -0.2) is 112 Å². The fourth-order valence-corrected chi connectivity index (χ4v) is 6.85. The minimum Gasteiger partial charge on any atom is -0.496 e. The van der Waals surface area contributed by atoms with Gasteiger partial charge in [-0.15, -0.1) is 29.9 Å². The minimum atomic E-state index is -4.71. The van der Waals surface area contributed by atoms with Gasteiger partial charge < -0.3 is 14.5 Å². The van der Waals surface area contributed by atoms with Gasteiger partial charge in [0.25, 0.3) is 5.82 Å². The number of halogens is 5. The Kier molecular flexibility index (Phi) is 12.0. The topological polar surface area (TPSA) is 82.9 Å². The number of fused-ring (bicyclic) bond motifs is 1. The number of piperazine rings is 2. The third kappa shape index (κ3) is 7.70. The molecule has 0 radical (unpaired) electrons. The number of alkyl halides is 3. The Morgan fingerprint density at radius 3 is 2.17 bits per heavy atom. The average Bonchev–Trinajstić information content (AvgIpc) is 3.57. The molecule has 2 aliphatic rings. The molecule has 3 aromatic carbocycles. The smallest absolute Gasteiger partial charge is 0.453 e. The number of tetrazole rings is 1. The molecule has 1 aromatic heterocycles. The summed E-state index contributed by atoms with van der Waals surface area (Å²) >= 11 is 0. The summed E-state index contributed by atoms with van der Waals surface area (Å²) in [6.45, 7) is 3.70. The average molecular weight is 708 g/mol. The first-order valence-electron chi connectivity index (χ1n) is 15.2. The minimum absolute atomic E-state index is 0. The Bertz CT molecular complexity index is 1610. The number of rotatable bonds is 7. The summed E-state index contributed by atoms with van der Waals surface area (Å²) in [6.07, 6.45) is -4.71. The second-order valence-electron chi connectivity index (χ2n) is 12.0. The van der Waals surface area contributed by atoms with Crippen LogP contribution in [0.4, 0.5) is 18.0 Å². The van der Waals surface area contributed by atoms with Crippen molar-refractivity contribution in [2.45, 2.75) is 30.7 Å². The summed E-state index contributed by atoms with van der Waals surface area (Å²) in [7, 11) is 5.07. The zero-order valence-corrected chi connectivity index (χ0v) is 28.5. The summed E-state index contributed by atoms with van der Waals surface area (Å²) < 4.78 is 47.3. The molecule has 0 aliphatic carbocycles. The van der Waals surface area contributed by atoms with E-state index in [2.05, 4.69) is 73.9 Å². The molecule has 2 amide bonds. The van der Waals surface area contributed by atoms with Gasteiger partial charge in [-0.1, -0.05) is 60.7 Å². The van der Waals surface area contributed by atoms with Gasteiger partial charge in [0, 0.05) is 76.9 Å². The molecular formula is C33H39Cl2F3N8O2. The molecule has 4 aromatic rings. The second-order valence-corrected chi connectivity index (χ2v) is 12.0. The highest BCUT2D eigenvalue weighted by atomic mass is 35.5. The van der Waals surface area contributed by atoms with Crippen LogP contribution in [0.2, 0.25) is 0 Å². The normalized spacial score (nSPS) is 18.4. The molecule has 3 heterocycles. The molecule has 258 valence electrons. The van der Waals surface area contributed by atoms with Gasteiger partial charge in [-0.25, -0.2) is 4.79 Å². The molecule has 0 spiro atoms. The molecule has 2 atom stereocenters. The van der Waals surface area contributed by atoms with Crippen LogP contribution < -0.4 is 4.74 Å². The second kappa shape index (κ2) is 15.5. The number of carbonyl (C=O) groups excluding carboxylic acids is 1. The van der Waals surface area contributed by atoms with Gasteiger partial charge in [-0.2, -0.15) is 17.9 Å². The third-order valence-electron chi connectivity index (χ3n) is 8.85. The Labute approximate surface area is 290 Å². The van der Waals surface area contributed by atoms with E-state index in [9.17, 15) is 18.0 Å². The highest BCUT2D eigenvalue weighted by molar-refractivity contribution is 5.85. The van der Waals surface area contributed by atoms with Crippen molar-refractivity contribution in [3.8, 4) is 11.4 Å². The van der Waals surface area contributed by atoms with Gasteiger partial charge in [-0.3, -0.25) is 9.80 Å². The zero-order valence-electron chi connectivity index (χ0n) is 26.8. The Morgan fingerprint density at radius 1 is 0.938 bits per heavy atom. The number of benzene rings is 3. The van der Waals surface area contributed by atoms with E-state index in [1.807, 2.05) is 17.0 Å². The number of carbonyl (C=O) groups is 1. The van der Waals surface area contributed by atoms with Crippen molar-refractivity contribution in [3.63, 3.8) is 0 Å². The van der Waals surface area contributed by atoms with E-state index >= 15 is 0 Å². The lowest BCUT2D eigenvalue weighted by molar-refractivity contribution is -0.146. The van der Waals surface area contributed by atoms with Crippen molar-refractivity contribution in [1.82, 2.24) is 39.8 Å². The Balaban J connectivity index is 0.00000260. The lowest BCUT2D eigenvalue weighted by atomic mass is 9.81. The molecule has 1 unspecified atom stereocenters. The van der Waals surface area contributed by atoms with Crippen LogP contribution in [0.5, 0.6) is 5.75 Å². The van der Waals surface area contributed by atoms with E-state index in [0.29, 0.717) is 48.7 Å². The van der Waals surface area contributed by atoms with Crippen LogP contribution in [0.25, 0.3) is 5.69 Å². The Morgan fingerprint density at radius 2 is 1.58 bits per heavy atom. The standard InChI is InChI=1S/C33H37F3N8O2.2ClH/c1-40(2)32(45)42-16-17-43-27(21-42)20-41(22-28(43)30(23-10-6-4-7-11-23)24-12-8-5-9-13-24)19-25-18-26(14-15-29(25)46-3)44-31(33(34,35)36)37-38-39-44;;/h4-15,18,27-28,30H,16-17,19-22H2,1-3H3;2*1H/t27-,28?;;/m1../s1. The van der Waals surface area contributed by atoms with Crippen molar-refractivity contribution in [3.05, 3.63) is 101 Å². The van der Waals surface area contributed by atoms with E-state index in [1.54, 1.807) is 38.2 Å². The number of aromatic nitrogens is 4. The van der Waals surface area contributed by atoms with Gasteiger partial charge in [0.2, 0.25) is 0 Å². The van der Waals surface area contributed by atoms with Crippen LogP contribution in [0.15, 0.2) is 78.9 Å². The molecule has 48 heavy (non-hydrogen) atoms. The number of hydrogen-bond donors (Lipinski definition) is 0. The largest absolute Gasteiger partial charge is 0.496 e. The van der Waals surface area contributed by atoms with Crippen LogP contribution >= 0.6 is 24.8 Å². The van der Waals surface area contributed by atoms with Crippen molar-refractivity contribution < 1.29 is 22.7 Å². The van der Waals surface area contributed by atoms with Crippen LogP contribution in [0.3, 0.4) is 0 Å². The number of nitrogens with zero attached hydrogens (tertiary/aromatic N) is 8. The lowest BCUT2D eigenvalue weighted by Gasteiger charge is -2.53. The van der Waals surface area contributed by atoms with Crippen molar-refractivity contribution in [2.75, 3.05) is 53.9 Å². The quantitative estimate of drug-likeness (QED) is 0.261. The van der Waals surface area contributed by atoms with E-state index < -0.39 is 12.0 Å². The zero-order chi connectivity index (χ0) is 32.4. The monoisotopic (exact) mass is 706 g/mol. The van der Waals surface area contributed by atoms with Crippen LogP contribution in [0, 0.1) is 0 Å². The molecule has 2 fully saturated rings. The van der Waals surface area contributed by atoms with Gasteiger partial charge in [0.1, 0.15) is 5.75 Å². The molecule has 15 heteroatoms. The fraction of sp³-hybridized carbons (Fsp3) is 0.394. The third-order valence-corrected chi connectivity index (χ3v) is 8.85. The lowest BCUT2D eigenvalue weighted by Crippen LogP contribution is -2.67. The van der Waals surface area contributed by atoms with Crippen molar-refractivity contribution >= 4 is 30.8 Å². The highest BCUT2D eigenvalue weighted by Crippen LogP contribution is 2.37. The number of urea groups is 1. The van der Waals surface area contributed by atoms with Crippen LogP contribution in [0.1, 0.15) is 28.4 Å². The fourth-order valence-electron chi connectivity index (χ4n) is 6.85. The van der Waals surface area contributed by atoms with E-state index in [-0.39, 0.29) is 54.5 Å². The van der Waals surface area contributed by atoms with E-state index in [1.165, 1.54) is 17.2 Å². The summed E-state index contributed by atoms with van der Waals surface area (Å²) in [6, 6.07) is 25.8. The summed E-state index contributed by atoms with van der Waals surface area (Å²) in [5, 5.41) is 10.1. The summed E-state index contributed by atoms with van der Waals surface area (Å²) in [4.78, 5) is 21.4. The van der Waals surface area contributed by atoms with Crippen molar-refractivity contribution in [1.29, 1.82) is 0 Å². The predicted molar refractivity (Wildman–Crippen MR) is 180 cm³/mol. The van der Waals surface area contributed by atoms with E-state index in [0.717, 1.165) is 6.54 Å². The maximum absolute atomic E-state index is 13.6. The summed E-state index contributed by atoms with van der Waals surface area (Å²) in [5.41, 5.74) is 3.30. The van der Waals surface area contributed by atoms with Gasteiger partial charge in [-0.05, 0) is 39.8 Å². The molecule has 2 saturated heterocycles. The maximum Gasteiger partial charge on any atom is 0.453 e. The molecule has 6 rings (SSSR count). The maximum atomic E-state index is 13.6. The molecular weight excluding hydrogens is 668 g/mol. The number of ether oxygens (including phenoxy) is 1. The number of amides is 2. The Hall–Kier alpha value is -3.91. The molecule has 0 saturated carbocycles. The SMILES string of the molecule is COc1ccc(-n2nnnc2C(F)(F)F)cc1CN1CC(C(c2ccccc2)c2ccccc2)N2CCN(C(=O)N(C)C)C[C@H]2C1.Cl.Cl.